The third-order valence-electron chi connectivity index (χ3n) is 2.35. The summed E-state index contributed by atoms with van der Waals surface area (Å²) in [4.78, 5) is 10.9. The largest absolute Gasteiger partial charge is 0.453 e. The van der Waals surface area contributed by atoms with Gasteiger partial charge in [-0.1, -0.05) is 13.3 Å². The smallest absolute Gasteiger partial charge is 0.407 e. The minimum Gasteiger partial charge on any atom is -0.453 e. The van der Waals surface area contributed by atoms with Crippen LogP contribution in [0.15, 0.2) is 0 Å². The first-order valence-electron chi connectivity index (χ1n) is 4.33. The highest BCUT2D eigenvalue weighted by atomic mass is 16.5. The third kappa shape index (κ3) is 2.11. The summed E-state index contributed by atoms with van der Waals surface area (Å²) in [6.45, 7) is 3.97. The summed E-state index contributed by atoms with van der Waals surface area (Å²) in [5, 5.41) is 6.04. The van der Waals surface area contributed by atoms with E-state index in [1.54, 1.807) is 0 Å². The van der Waals surface area contributed by atoms with E-state index in [4.69, 9.17) is 0 Å². The Hall–Kier alpha value is -0.770. The van der Waals surface area contributed by atoms with Gasteiger partial charge >= 0.3 is 6.09 Å². The number of hydrogen-bond acceptors (Lipinski definition) is 3. The fourth-order valence-electron chi connectivity index (χ4n) is 1.54. The monoisotopic (exact) mass is 172 g/mol. The molecule has 0 aromatic carbocycles. The highest BCUT2D eigenvalue weighted by molar-refractivity contribution is 5.67. The summed E-state index contributed by atoms with van der Waals surface area (Å²) in [6.07, 6.45) is 0.754. The normalized spacial score (nSPS) is 28.5. The fraction of sp³-hybridized carbons (Fsp3) is 0.875. The van der Waals surface area contributed by atoms with Gasteiger partial charge in [0.25, 0.3) is 0 Å². The van der Waals surface area contributed by atoms with E-state index < -0.39 is 0 Å². The molecule has 4 nitrogen and oxygen atoms in total. The topological polar surface area (TPSA) is 50.4 Å². The van der Waals surface area contributed by atoms with Gasteiger partial charge < -0.3 is 15.4 Å². The molecule has 0 aromatic rings. The second kappa shape index (κ2) is 4.30. The number of rotatable bonds is 2. The predicted molar refractivity (Wildman–Crippen MR) is 46.0 cm³/mol. The van der Waals surface area contributed by atoms with Crippen molar-refractivity contribution >= 4 is 6.09 Å². The molecule has 0 spiro atoms. The zero-order valence-corrected chi connectivity index (χ0v) is 7.59. The summed E-state index contributed by atoms with van der Waals surface area (Å²) >= 11 is 0. The van der Waals surface area contributed by atoms with E-state index >= 15 is 0 Å². The molecule has 0 aromatic heterocycles. The van der Waals surface area contributed by atoms with Gasteiger partial charge in [-0.25, -0.2) is 4.79 Å². The van der Waals surface area contributed by atoms with Crippen molar-refractivity contribution in [1.82, 2.24) is 10.6 Å². The van der Waals surface area contributed by atoms with Gasteiger partial charge in [-0.05, 0) is 5.92 Å². The summed E-state index contributed by atoms with van der Waals surface area (Å²) in [5.41, 5.74) is 0. The quantitative estimate of drug-likeness (QED) is 0.631. The molecule has 1 amide bonds. The summed E-state index contributed by atoms with van der Waals surface area (Å²) < 4.78 is 4.53. The minimum atomic E-state index is -0.331. The molecule has 2 atom stereocenters. The molecule has 1 fully saturated rings. The molecular weight excluding hydrogens is 156 g/mol. The van der Waals surface area contributed by atoms with Gasteiger partial charge in [0.1, 0.15) is 0 Å². The first-order valence-corrected chi connectivity index (χ1v) is 4.33. The number of carbonyl (C=O) groups excluding carboxylic acids is 1. The second-order valence-corrected chi connectivity index (χ2v) is 3.07. The Balaban J connectivity index is 2.35. The van der Waals surface area contributed by atoms with Gasteiger partial charge in [0.2, 0.25) is 0 Å². The SMILES string of the molecule is CC[C@@H]1CNC[C@H]1NC(=O)OC. The van der Waals surface area contributed by atoms with Crippen LogP contribution in [-0.2, 0) is 4.74 Å². The van der Waals surface area contributed by atoms with Crippen LogP contribution >= 0.6 is 0 Å². The molecule has 0 bridgehead atoms. The minimum absolute atomic E-state index is 0.238. The maximum Gasteiger partial charge on any atom is 0.407 e. The van der Waals surface area contributed by atoms with Crippen molar-refractivity contribution in [3.63, 3.8) is 0 Å². The van der Waals surface area contributed by atoms with Crippen LogP contribution < -0.4 is 10.6 Å². The van der Waals surface area contributed by atoms with Crippen molar-refractivity contribution in [2.45, 2.75) is 19.4 Å². The Kier molecular flexibility index (Phi) is 3.34. The maximum atomic E-state index is 10.9. The zero-order chi connectivity index (χ0) is 8.97. The molecular formula is C8H16N2O2. The molecule has 1 aliphatic heterocycles. The molecule has 12 heavy (non-hydrogen) atoms. The molecule has 4 heteroatoms. The Morgan fingerprint density at radius 2 is 2.42 bits per heavy atom. The van der Waals surface area contributed by atoms with E-state index in [1.165, 1.54) is 7.11 Å². The van der Waals surface area contributed by atoms with Crippen molar-refractivity contribution in [1.29, 1.82) is 0 Å². The predicted octanol–water partition coefficient (Wildman–Crippen LogP) is 0.340. The zero-order valence-electron chi connectivity index (χ0n) is 7.59. The van der Waals surface area contributed by atoms with Crippen LogP contribution in [0.4, 0.5) is 4.79 Å². The van der Waals surface area contributed by atoms with Crippen LogP contribution in [0.2, 0.25) is 0 Å². The first-order chi connectivity index (χ1) is 5.77. The van der Waals surface area contributed by atoms with Crippen LogP contribution in [0.1, 0.15) is 13.3 Å². The molecule has 0 unspecified atom stereocenters. The lowest BCUT2D eigenvalue weighted by molar-refractivity contribution is 0.164. The standard InChI is InChI=1S/C8H16N2O2/c1-3-6-4-9-5-7(6)10-8(11)12-2/h6-7,9H,3-5H2,1-2H3,(H,10,11)/t6-,7-/m1/s1. The molecule has 70 valence electrons. The van der Waals surface area contributed by atoms with Gasteiger partial charge in [0.15, 0.2) is 0 Å². The summed E-state index contributed by atoms with van der Waals surface area (Å²) in [5.74, 6) is 0.545. The van der Waals surface area contributed by atoms with Crippen molar-refractivity contribution in [3.05, 3.63) is 0 Å². The number of methoxy groups -OCH3 is 1. The lowest BCUT2D eigenvalue weighted by Gasteiger charge is -2.17. The number of carbonyl (C=O) groups is 1. The lowest BCUT2D eigenvalue weighted by atomic mass is 10.0. The van der Waals surface area contributed by atoms with E-state index in [9.17, 15) is 4.79 Å². The molecule has 0 saturated carbocycles. The van der Waals surface area contributed by atoms with Crippen LogP contribution in [0, 0.1) is 5.92 Å². The Bertz CT molecular complexity index is 161. The van der Waals surface area contributed by atoms with Gasteiger partial charge in [0, 0.05) is 19.1 Å². The summed E-state index contributed by atoms with van der Waals surface area (Å²) in [6, 6.07) is 0.238. The molecule has 1 heterocycles. The van der Waals surface area contributed by atoms with Crippen LogP contribution in [0.25, 0.3) is 0 Å². The Morgan fingerprint density at radius 1 is 1.67 bits per heavy atom. The number of nitrogens with one attached hydrogen (secondary N) is 2. The van der Waals surface area contributed by atoms with Crippen LogP contribution in [-0.4, -0.2) is 32.3 Å². The maximum absolute atomic E-state index is 10.9. The van der Waals surface area contributed by atoms with Gasteiger partial charge in [-0.3, -0.25) is 0 Å². The molecule has 0 radical (unpaired) electrons. The van der Waals surface area contributed by atoms with E-state index in [2.05, 4.69) is 22.3 Å². The van der Waals surface area contributed by atoms with Gasteiger partial charge in [0.05, 0.1) is 7.11 Å². The third-order valence-corrected chi connectivity index (χ3v) is 2.35. The molecule has 1 rings (SSSR count). The van der Waals surface area contributed by atoms with Crippen molar-refractivity contribution in [2.75, 3.05) is 20.2 Å². The average Bonchev–Trinajstić information content (AvgIpc) is 2.51. The summed E-state index contributed by atoms with van der Waals surface area (Å²) in [7, 11) is 1.39. The first kappa shape index (κ1) is 9.32. The average molecular weight is 172 g/mol. The highest BCUT2D eigenvalue weighted by Crippen LogP contribution is 2.12. The second-order valence-electron chi connectivity index (χ2n) is 3.07. The number of hydrogen-bond donors (Lipinski definition) is 2. The number of alkyl carbamates (subject to hydrolysis) is 1. The highest BCUT2D eigenvalue weighted by Gasteiger charge is 2.26. The van der Waals surface area contributed by atoms with Crippen LogP contribution in [0.5, 0.6) is 0 Å². The van der Waals surface area contributed by atoms with Gasteiger partial charge in [-0.15, -0.1) is 0 Å². The lowest BCUT2D eigenvalue weighted by Crippen LogP contribution is -2.40. The van der Waals surface area contributed by atoms with Crippen molar-refractivity contribution in [2.24, 2.45) is 5.92 Å². The van der Waals surface area contributed by atoms with Crippen LogP contribution in [0.3, 0.4) is 0 Å². The fourth-order valence-corrected chi connectivity index (χ4v) is 1.54. The Labute approximate surface area is 72.7 Å². The van der Waals surface area contributed by atoms with E-state index in [0.29, 0.717) is 5.92 Å². The molecule has 1 saturated heterocycles. The van der Waals surface area contributed by atoms with Gasteiger partial charge in [-0.2, -0.15) is 0 Å². The molecule has 0 aliphatic carbocycles. The van der Waals surface area contributed by atoms with E-state index in [-0.39, 0.29) is 12.1 Å². The van der Waals surface area contributed by atoms with Crippen molar-refractivity contribution < 1.29 is 9.53 Å². The Morgan fingerprint density at radius 3 is 3.00 bits per heavy atom. The molecule has 1 aliphatic rings. The van der Waals surface area contributed by atoms with E-state index in [1.807, 2.05) is 0 Å². The van der Waals surface area contributed by atoms with Crippen molar-refractivity contribution in [3.8, 4) is 0 Å². The number of amides is 1. The molecule has 2 N–H and O–H groups in total. The van der Waals surface area contributed by atoms with E-state index in [0.717, 1.165) is 19.5 Å². The number of ether oxygens (including phenoxy) is 1.